The highest BCUT2D eigenvalue weighted by Gasteiger charge is 2.35. The zero-order valence-electron chi connectivity index (χ0n) is 19.9. The third kappa shape index (κ3) is 6.20. The second kappa shape index (κ2) is 11.1. The van der Waals surface area contributed by atoms with Crippen LogP contribution in [0.4, 0.5) is 0 Å². The Morgan fingerprint density at radius 3 is 2.71 bits per heavy atom. The molecule has 1 aliphatic carbocycles. The molecule has 2 aliphatic rings. The average Bonchev–Trinajstić information content (AvgIpc) is 3.48. The van der Waals surface area contributed by atoms with E-state index in [1.165, 1.54) is 12.8 Å². The zero-order valence-corrected chi connectivity index (χ0v) is 19.9. The molecule has 0 spiro atoms. The van der Waals surface area contributed by atoms with Crippen molar-refractivity contribution in [1.82, 2.24) is 20.2 Å². The molecule has 1 atom stereocenters. The quantitative estimate of drug-likeness (QED) is 0.419. The fourth-order valence-corrected chi connectivity index (χ4v) is 5.04. The Morgan fingerprint density at radius 2 is 1.97 bits per heavy atom. The summed E-state index contributed by atoms with van der Waals surface area (Å²) in [5.74, 6) is -0.622. The molecular formula is C25H34N4O5. The van der Waals surface area contributed by atoms with Gasteiger partial charge >= 0.3 is 0 Å². The van der Waals surface area contributed by atoms with Crippen molar-refractivity contribution in [3.8, 4) is 0 Å². The van der Waals surface area contributed by atoms with Crippen LogP contribution in [0.5, 0.6) is 0 Å². The molecule has 1 saturated carbocycles. The Balaban J connectivity index is 1.29. The minimum atomic E-state index is -0.364. The molecule has 9 heteroatoms. The first-order valence-corrected chi connectivity index (χ1v) is 12.3. The molecule has 3 heterocycles. The Morgan fingerprint density at radius 1 is 1.21 bits per heavy atom. The molecule has 184 valence electrons. The van der Waals surface area contributed by atoms with Crippen LogP contribution in [0.15, 0.2) is 22.7 Å². The smallest absolute Gasteiger partial charge is 0.265 e. The summed E-state index contributed by atoms with van der Waals surface area (Å²) >= 11 is 0. The van der Waals surface area contributed by atoms with Crippen LogP contribution < -0.4 is 5.32 Å². The van der Waals surface area contributed by atoms with Crippen LogP contribution in [0.1, 0.15) is 69.0 Å². The van der Waals surface area contributed by atoms with Crippen LogP contribution in [0.3, 0.4) is 0 Å². The van der Waals surface area contributed by atoms with Crippen molar-refractivity contribution in [3.63, 3.8) is 0 Å². The lowest BCUT2D eigenvalue weighted by Crippen LogP contribution is -2.43. The van der Waals surface area contributed by atoms with Crippen LogP contribution in [0.25, 0.3) is 11.2 Å². The van der Waals surface area contributed by atoms with Gasteiger partial charge in [-0.25, -0.2) is 4.98 Å². The fourth-order valence-electron chi connectivity index (χ4n) is 5.04. The third-order valence-corrected chi connectivity index (χ3v) is 6.99. The maximum absolute atomic E-state index is 13.1. The summed E-state index contributed by atoms with van der Waals surface area (Å²) in [4.78, 5) is 48.4. The van der Waals surface area contributed by atoms with E-state index in [9.17, 15) is 14.4 Å². The maximum atomic E-state index is 13.1. The van der Waals surface area contributed by atoms with Gasteiger partial charge in [0.1, 0.15) is 0 Å². The Kier molecular flexibility index (Phi) is 7.92. The van der Waals surface area contributed by atoms with E-state index in [0.29, 0.717) is 56.9 Å². The van der Waals surface area contributed by atoms with E-state index < -0.39 is 0 Å². The lowest BCUT2D eigenvalue weighted by atomic mass is 9.78. The van der Waals surface area contributed by atoms with Gasteiger partial charge in [-0.3, -0.25) is 14.4 Å². The standard InChI is InChI=1S/C25H34N4O5/c1-25(8-2-3-9-25)17-18(16-21(31)29-12-14-33-15-13-29)23(32)27-11-4-6-19(30)24-28-22-20(34-24)7-5-10-26-22/h5,7,10,18H,2-4,6,8-9,11-17H2,1H3,(H,27,32). The van der Waals surface area contributed by atoms with Crippen LogP contribution in [-0.4, -0.2) is 65.3 Å². The Hall–Kier alpha value is -2.81. The number of ether oxygens (including phenoxy) is 1. The maximum Gasteiger partial charge on any atom is 0.265 e. The topological polar surface area (TPSA) is 115 Å². The number of nitrogens with zero attached hydrogens (tertiary/aromatic N) is 3. The first-order valence-electron chi connectivity index (χ1n) is 12.3. The Labute approximate surface area is 199 Å². The number of Topliss-reactive ketones (excluding diaryl/α,β-unsaturated/α-hetero) is 1. The monoisotopic (exact) mass is 470 g/mol. The van der Waals surface area contributed by atoms with Crippen molar-refractivity contribution >= 4 is 28.8 Å². The number of fused-ring (bicyclic) bond motifs is 1. The fraction of sp³-hybridized carbons (Fsp3) is 0.640. The van der Waals surface area contributed by atoms with E-state index in [0.717, 1.165) is 12.8 Å². The summed E-state index contributed by atoms with van der Waals surface area (Å²) in [5.41, 5.74) is 0.990. The molecular weight excluding hydrogens is 436 g/mol. The van der Waals surface area contributed by atoms with Gasteiger partial charge in [-0.1, -0.05) is 19.8 Å². The molecule has 1 saturated heterocycles. The number of hydrogen-bond acceptors (Lipinski definition) is 7. The summed E-state index contributed by atoms with van der Waals surface area (Å²) in [6.45, 7) is 4.85. The number of pyridine rings is 1. The summed E-state index contributed by atoms with van der Waals surface area (Å²) in [6.07, 6.45) is 7.75. The molecule has 9 nitrogen and oxygen atoms in total. The minimum Gasteiger partial charge on any atom is -0.432 e. The van der Waals surface area contributed by atoms with E-state index in [-0.39, 0.29) is 47.7 Å². The number of nitrogens with one attached hydrogen (secondary N) is 1. The molecule has 1 aliphatic heterocycles. The number of amides is 2. The van der Waals surface area contributed by atoms with E-state index in [4.69, 9.17) is 9.15 Å². The number of carbonyl (C=O) groups excluding carboxylic acids is 3. The second-order valence-electron chi connectivity index (χ2n) is 9.78. The minimum absolute atomic E-state index is 0.0183. The molecule has 0 radical (unpaired) electrons. The van der Waals surface area contributed by atoms with Gasteiger partial charge < -0.3 is 19.4 Å². The summed E-state index contributed by atoms with van der Waals surface area (Å²) in [7, 11) is 0. The second-order valence-corrected chi connectivity index (χ2v) is 9.78. The van der Waals surface area contributed by atoms with Crippen LogP contribution in [-0.2, 0) is 14.3 Å². The number of morpholine rings is 1. The third-order valence-electron chi connectivity index (χ3n) is 6.99. The molecule has 4 rings (SSSR count). The molecule has 0 bridgehead atoms. The molecule has 34 heavy (non-hydrogen) atoms. The van der Waals surface area contributed by atoms with Crippen molar-refractivity contribution in [1.29, 1.82) is 0 Å². The van der Waals surface area contributed by atoms with Gasteiger partial charge in [0.05, 0.1) is 13.2 Å². The molecule has 2 aromatic rings. The summed E-state index contributed by atoms with van der Waals surface area (Å²) in [5, 5.41) is 2.97. The highest BCUT2D eigenvalue weighted by molar-refractivity contribution is 5.93. The van der Waals surface area contributed by atoms with Crippen molar-refractivity contribution in [2.75, 3.05) is 32.8 Å². The first kappa shape index (κ1) is 24.3. The lowest BCUT2D eigenvalue weighted by molar-refractivity contribution is -0.140. The number of aromatic nitrogens is 2. The molecule has 2 amide bonds. The highest BCUT2D eigenvalue weighted by atomic mass is 16.5. The number of ketones is 1. The largest absolute Gasteiger partial charge is 0.432 e. The number of carbonyl (C=O) groups is 3. The predicted molar refractivity (Wildman–Crippen MR) is 125 cm³/mol. The van der Waals surface area contributed by atoms with E-state index in [1.54, 1.807) is 23.2 Å². The van der Waals surface area contributed by atoms with Gasteiger partial charge in [-0.05, 0) is 43.2 Å². The van der Waals surface area contributed by atoms with Gasteiger partial charge in [0.25, 0.3) is 5.89 Å². The first-order chi connectivity index (χ1) is 16.4. The van der Waals surface area contributed by atoms with E-state index in [2.05, 4.69) is 22.2 Å². The normalized spacial score (nSPS) is 18.7. The zero-order chi connectivity index (χ0) is 24.0. The van der Waals surface area contributed by atoms with Gasteiger partial charge in [-0.2, -0.15) is 4.98 Å². The molecule has 2 aromatic heterocycles. The number of oxazole rings is 1. The SMILES string of the molecule is CC1(CC(CC(=O)N2CCOCC2)C(=O)NCCCC(=O)c2nc3ncccc3o2)CCCC1. The summed E-state index contributed by atoms with van der Waals surface area (Å²) < 4.78 is 10.8. The highest BCUT2D eigenvalue weighted by Crippen LogP contribution is 2.43. The lowest BCUT2D eigenvalue weighted by Gasteiger charge is -2.31. The van der Waals surface area contributed by atoms with Crippen molar-refractivity contribution in [2.45, 2.75) is 58.3 Å². The van der Waals surface area contributed by atoms with Crippen LogP contribution in [0.2, 0.25) is 0 Å². The van der Waals surface area contributed by atoms with Gasteiger partial charge in [0.15, 0.2) is 11.2 Å². The van der Waals surface area contributed by atoms with Gasteiger partial charge in [0, 0.05) is 44.6 Å². The van der Waals surface area contributed by atoms with E-state index in [1.807, 2.05) is 0 Å². The summed E-state index contributed by atoms with van der Waals surface area (Å²) in [6, 6.07) is 3.44. The molecule has 1 unspecified atom stereocenters. The molecule has 0 aromatic carbocycles. The predicted octanol–water partition coefficient (Wildman–Crippen LogP) is 3.14. The molecule has 2 fully saturated rings. The average molecular weight is 471 g/mol. The van der Waals surface area contributed by atoms with E-state index >= 15 is 0 Å². The van der Waals surface area contributed by atoms with Crippen molar-refractivity contribution in [2.24, 2.45) is 11.3 Å². The molecule has 1 N–H and O–H groups in total. The number of hydrogen-bond donors (Lipinski definition) is 1. The van der Waals surface area contributed by atoms with Crippen molar-refractivity contribution in [3.05, 3.63) is 24.2 Å². The van der Waals surface area contributed by atoms with Gasteiger partial charge in [0.2, 0.25) is 17.6 Å². The van der Waals surface area contributed by atoms with Crippen LogP contribution in [0, 0.1) is 11.3 Å². The van der Waals surface area contributed by atoms with Crippen LogP contribution >= 0.6 is 0 Å². The number of rotatable bonds is 10. The Bertz CT molecular complexity index is 975. The van der Waals surface area contributed by atoms with Gasteiger partial charge in [-0.15, -0.1) is 0 Å². The van der Waals surface area contributed by atoms with Crippen molar-refractivity contribution < 1.29 is 23.5 Å².